The molecule has 0 spiro atoms. The highest BCUT2D eigenvalue weighted by Crippen LogP contribution is 2.42. The van der Waals surface area contributed by atoms with Crippen molar-refractivity contribution in [2.24, 2.45) is 0 Å². The van der Waals surface area contributed by atoms with Crippen molar-refractivity contribution >= 4 is 23.0 Å². The molecule has 178 valence electrons. The van der Waals surface area contributed by atoms with E-state index in [1.54, 1.807) is 23.0 Å². The van der Waals surface area contributed by atoms with Crippen LogP contribution in [0.4, 0.5) is 18.9 Å². The molecule has 0 amide bonds. The van der Waals surface area contributed by atoms with Crippen LogP contribution >= 0.6 is 12.2 Å². The molecule has 0 aliphatic carbocycles. The molecule has 35 heavy (non-hydrogen) atoms. The van der Waals surface area contributed by atoms with Crippen molar-refractivity contribution in [3.63, 3.8) is 0 Å². The average Bonchev–Trinajstić information content (AvgIpc) is 3.48. The Morgan fingerprint density at radius 3 is 2.43 bits per heavy atom. The number of alkyl halides is 3. The third-order valence-electron chi connectivity index (χ3n) is 6.26. The number of halogens is 3. The van der Waals surface area contributed by atoms with E-state index in [2.05, 4.69) is 29.4 Å². The zero-order valence-electron chi connectivity index (χ0n) is 18.9. The average molecular weight is 493 g/mol. The van der Waals surface area contributed by atoms with E-state index in [1.807, 2.05) is 47.4 Å². The van der Waals surface area contributed by atoms with E-state index in [9.17, 15) is 13.2 Å². The van der Waals surface area contributed by atoms with Crippen molar-refractivity contribution in [3.05, 3.63) is 114 Å². The lowest BCUT2D eigenvalue weighted by atomic mass is 10.0. The maximum absolute atomic E-state index is 13.4. The van der Waals surface area contributed by atoms with Crippen LogP contribution in [0.2, 0.25) is 0 Å². The van der Waals surface area contributed by atoms with Crippen molar-refractivity contribution < 1.29 is 13.2 Å². The van der Waals surface area contributed by atoms with Crippen molar-refractivity contribution in [1.29, 1.82) is 0 Å². The monoisotopic (exact) mass is 492 g/mol. The first-order valence-electron chi connectivity index (χ1n) is 11.3. The summed E-state index contributed by atoms with van der Waals surface area (Å²) in [4.78, 5) is 6.57. The minimum absolute atomic E-state index is 0.297. The van der Waals surface area contributed by atoms with Gasteiger partial charge in [-0.2, -0.15) is 13.2 Å². The van der Waals surface area contributed by atoms with Crippen molar-refractivity contribution in [3.8, 4) is 5.69 Å². The Morgan fingerprint density at radius 2 is 1.74 bits per heavy atom. The predicted octanol–water partition coefficient (Wildman–Crippen LogP) is 6.63. The molecule has 1 aliphatic rings. The number of nitrogens with one attached hydrogen (secondary N) is 1. The second-order valence-corrected chi connectivity index (χ2v) is 8.75. The summed E-state index contributed by atoms with van der Waals surface area (Å²) in [6.07, 6.45) is -0.00751. The first-order chi connectivity index (χ1) is 16.9. The molecule has 0 bridgehead atoms. The number of nitrogens with zero attached hydrogens (tertiary/aromatic N) is 3. The Morgan fingerprint density at radius 1 is 0.943 bits per heavy atom. The van der Waals surface area contributed by atoms with Crippen LogP contribution in [-0.4, -0.2) is 14.7 Å². The number of benzene rings is 2. The molecular formula is C27H23F3N4S. The normalized spacial score (nSPS) is 18.1. The number of rotatable bonds is 5. The third kappa shape index (κ3) is 4.41. The fourth-order valence-corrected chi connectivity index (χ4v) is 4.87. The maximum Gasteiger partial charge on any atom is 0.416 e. The van der Waals surface area contributed by atoms with E-state index in [0.29, 0.717) is 10.8 Å². The molecule has 4 aromatic rings. The van der Waals surface area contributed by atoms with Gasteiger partial charge in [0.25, 0.3) is 0 Å². The lowest BCUT2D eigenvalue weighted by Crippen LogP contribution is -2.30. The van der Waals surface area contributed by atoms with Crippen LogP contribution in [0.3, 0.4) is 0 Å². The van der Waals surface area contributed by atoms with Gasteiger partial charge >= 0.3 is 6.18 Å². The van der Waals surface area contributed by atoms with Gasteiger partial charge in [0.1, 0.15) is 6.04 Å². The van der Waals surface area contributed by atoms with E-state index in [-0.39, 0.29) is 12.1 Å². The van der Waals surface area contributed by atoms with Crippen molar-refractivity contribution in [2.75, 3.05) is 4.90 Å². The molecule has 8 heteroatoms. The Hall–Kier alpha value is -3.65. The Bertz CT molecular complexity index is 1330. The van der Waals surface area contributed by atoms with Gasteiger partial charge in [-0.15, -0.1) is 0 Å². The van der Waals surface area contributed by atoms with E-state index < -0.39 is 11.7 Å². The minimum Gasteiger partial charge on any atom is -0.351 e. The smallest absolute Gasteiger partial charge is 0.351 e. The molecule has 0 unspecified atom stereocenters. The van der Waals surface area contributed by atoms with Gasteiger partial charge in [0, 0.05) is 29.5 Å². The maximum atomic E-state index is 13.4. The summed E-state index contributed by atoms with van der Waals surface area (Å²) in [5.41, 5.74) is 3.44. The van der Waals surface area contributed by atoms with Crippen LogP contribution in [0, 0.1) is 0 Å². The van der Waals surface area contributed by atoms with Crippen LogP contribution in [0.1, 0.15) is 41.5 Å². The largest absolute Gasteiger partial charge is 0.416 e. The van der Waals surface area contributed by atoms with E-state index >= 15 is 0 Å². The summed E-state index contributed by atoms with van der Waals surface area (Å²) in [5, 5.41) is 3.94. The lowest BCUT2D eigenvalue weighted by Gasteiger charge is -2.29. The molecule has 4 nitrogen and oxygen atoms in total. The van der Waals surface area contributed by atoms with Gasteiger partial charge in [-0.3, -0.25) is 4.98 Å². The number of hydrogen-bond donors (Lipinski definition) is 1. The molecule has 5 rings (SSSR count). The summed E-state index contributed by atoms with van der Waals surface area (Å²) in [5.74, 6) is 0. The summed E-state index contributed by atoms with van der Waals surface area (Å²) >= 11 is 5.77. The second kappa shape index (κ2) is 9.19. The van der Waals surface area contributed by atoms with Gasteiger partial charge in [-0.25, -0.2) is 0 Å². The van der Waals surface area contributed by atoms with E-state index in [1.165, 1.54) is 17.7 Å². The predicted molar refractivity (Wildman–Crippen MR) is 135 cm³/mol. The molecule has 2 aromatic heterocycles. The highest BCUT2D eigenvalue weighted by atomic mass is 32.1. The van der Waals surface area contributed by atoms with Crippen molar-refractivity contribution in [2.45, 2.75) is 31.6 Å². The highest BCUT2D eigenvalue weighted by molar-refractivity contribution is 7.80. The summed E-state index contributed by atoms with van der Waals surface area (Å²) in [6.45, 7) is 2.10. The highest BCUT2D eigenvalue weighted by Gasteiger charge is 2.42. The first-order valence-corrected chi connectivity index (χ1v) is 11.7. The zero-order valence-corrected chi connectivity index (χ0v) is 19.7. The number of aromatic nitrogens is 2. The fraction of sp³-hybridized carbons (Fsp3) is 0.185. The molecule has 2 atom stereocenters. The zero-order chi connectivity index (χ0) is 24.6. The van der Waals surface area contributed by atoms with Crippen molar-refractivity contribution in [1.82, 2.24) is 14.9 Å². The Balaban J connectivity index is 1.64. The minimum atomic E-state index is -4.43. The quantitative estimate of drug-likeness (QED) is 0.317. The van der Waals surface area contributed by atoms with Gasteiger partial charge in [0.2, 0.25) is 0 Å². The molecule has 3 heterocycles. The number of hydrogen-bond acceptors (Lipinski definition) is 2. The van der Waals surface area contributed by atoms with Crippen LogP contribution in [-0.2, 0) is 12.6 Å². The van der Waals surface area contributed by atoms with Crippen LogP contribution < -0.4 is 10.2 Å². The third-order valence-corrected chi connectivity index (χ3v) is 6.57. The summed E-state index contributed by atoms with van der Waals surface area (Å²) < 4.78 is 42.1. The van der Waals surface area contributed by atoms with Crippen LogP contribution in [0.25, 0.3) is 5.69 Å². The second-order valence-electron chi connectivity index (χ2n) is 8.37. The fourth-order valence-electron chi connectivity index (χ4n) is 4.53. The Kier molecular flexibility index (Phi) is 6.06. The van der Waals surface area contributed by atoms with Gasteiger partial charge in [-0.05, 0) is 78.8 Å². The number of anilines is 1. The number of thiocarbonyl (C=S) groups is 1. The number of pyridine rings is 1. The topological polar surface area (TPSA) is 33.1 Å². The first kappa shape index (κ1) is 23.1. The van der Waals surface area contributed by atoms with E-state index in [4.69, 9.17) is 12.2 Å². The van der Waals surface area contributed by atoms with Crippen LogP contribution in [0.5, 0.6) is 0 Å². The molecule has 1 saturated heterocycles. The molecule has 2 aromatic carbocycles. The molecule has 1 fully saturated rings. The Labute approximate surface area is 207 Å². The van der Waals surface area contributed by atoms with Gasteiger partial charge in [0.15, 0.2) is 5.11 Å². The van der Waals surface area contributed by atoms with Gasteiger partial charge < -0.3 is 14.8 Å². The number of aryl methyl sites for hydroxylation is 1. The lowest BCUT2D eigenvalue weighted by molar-refractivity contribution is -0.137. The molecule has 0 saturated carbocycles. The standard InChI is InChI=1S/C27H23F3N4S/c1-2-18-11-13-20(14-12-18)34-25(24(32-26(34)35)22-9-3-4-15-31-22)23-10-6-16-33(23)21-8-5-7-19(17-21)27(28,29)30/h3-17,24-25H,2H2,1H3,(H,32,35)/t24-,25+/m1/s1. The summed E-state index contributed by atoms with van der Waals surface area (Å²) in [7, 11) is 0. The molecule has 1 N–H and O–H groups in total. The van der Waals surface area contributed by atoms with Crippen LogP contribution in [0.15, 0.2) is 91.3 Å². The SMILES string of the molecule is CCc1ccc(N2C(=S)N[C@H](c3ccccn3)[C@@H]2c2cccn2-c2cccc(C(F)(F)F)c2)cc1. The van der Waals surface area contributed by atoms with E-state index in [0.717, 1.165) is 29.6 Å². The summed E-state index contributed by atoms with van der Waals surface area (Å²) in [6, 6.07) is 22.3. The molecular weight excluding hydrogens is 469 g/mol. The van der Waals surface area contributed by atoms with Gasteiger partial charge in [-0.1, -0.05) is 31.2 Å². The molecule has 0 radical (unpaired) electrons. The van der Waals surface area contributed by atoms with Gasteiger partial charge in [0.05, 0.1) is 17.3 Å². The molecule has 1 aliphatic heterocycles.